The molecule has 0 spiro atoms. The Hall–Kier alpha value is -2.11. The summed E-state index contributed by atoms with van der Waals surface area (Å²) in [4.78, 5) is 22.3. The first-order valence-corrected chi connectivity index (χ1v) is 5.72. The van der Waals surface area contributed by atoms with E-state index in [1.807, 2.05) is 0 Å². The zero-order valence-corrected chi connectivity index (χ0v) is 10.9. The van der Waals surface area contributed by atoms with E-state index in [1.54, 1.807) is 0 Å². The lowest BCUT2D eigenvalue weighted by atomic mass is 10.2. The Labute approximate surface area is 110 Å². The Morgan fingerprint density at radius 3 is 2.63 bits per heavy atom. The van der Waals surface area contributed by atoms with Gasteiger partial charge in [0.05, 0.1) is 20.6 Å². The van der Waals surface area contributed by atoms with Gasteiger partial charge in [0, 0.05) is 18.5 Å². The van der Waals surface area contributed by atoms with Crippen LogP contribution in [0.4, 0.5) is 4.39 Å². The Morgan fingerprint density at radius 2 is 2.00 bits per heavy atom. The van der Waals surface area contributed by atoms with Crippen LogP contribution in [0, 0.1) is 5.82 Å². The highest BCUT2D eigenvalue weighted by Gasteiger charge is 2.09. The summed E-state index contributed by atoms with van der Waals surface area (Å²) < 4.78 is 22.6. The summed E-state index contributed by atoms with van der Waals surface area (Å²) in [5, 5.41) is 2.59. The van der Waals surface area contributed by atoms with Gasteiger partial charge in [0.15, 0.2) is 0 Å². The fourth-order valence-electron chi connectivity index (χ4n) is 1.49. The smallest absolute Gasteiger partial charge is 0.306 e. The number of hydrogen-bond acceptors (Lipinski definition) is 4. The van der Waals surface area contributed by atoms with Gasteiger partial charge in [-0.2, -0.15) is 0 Å². The van der Waals surface area contributed by atoms with Crippen LogP contribution in [0.5, 0.6) is 5.75 Å². The molecule has 0 aliphatic heterocycles. The van der Waals surface area contributed by atoms with Gasteiger partial charge < -0.3 is 14.8 Å². The molecule has 0 atom stereocenters. The highest BCUT2D eigenvalue weighted by Crippen LogP contribution is 2.18. The van der Waals surface area contributed by atoms with Crippen LogP contribution >= 0.6 is 0 Å². The Morgan fingerprint density at radius 1 is 1.26 bits per heavy atom. The van der Waals surface area contributed by atoms with E-state index in [4.69, 9.17) is 4.74 Å². The van der Waals surface area contributed by atoms with Crippen LogP contribution in [0.3, 0.4) is 0 Å². The molecule has 1 amide bonds. The van der Waals surface area contributed by atoms with Crippen molar-refractivity contribution in [1.82, 2.24) is 5.32 Å². The lowest BCUT2D eigenvalue weighted by Gasteiger charge is -2.09. The van der Waals surface area contributed by atoms with E-state index in [0.29, 0.717) is 11.3 Å². The number of ether oxygens (including phenoxy) is 2. The molecule has 0 radical (unpaired) electrons. The van der Waals surface area contributed by atoms with Crippen LogP contribution in [0.1, 0.15) is 18.4 Å². The van der Waals surface area contributed by atoms with Crippen molar-refractivity contribution in [3.8, 4) is 5.75 Å². The van der Waals surface area contributed by atoms with Crippen LogP contribution in [0.2, 0.25) is 0 Å². The van der Waals surface area contributed by atoms with Crippen LogP contribution in [0.15, 0.2) is 18.2 Å². The van der Waals surface area contributed by atoms with Crippen LogP contribution in [-0.4, -0.2) is 26.1 Å². The van der Waals surface area contributed by atoms with Crippen molar-refractivity contribution in [2.75, 3.05) is 14.2 Å². The van der Waals surface area contributed by atoms with Crippen molar-refractivity contribution in [2.45, 2.75) is 19.4 Å². The number of hydrogen-bond donors (Lipinski definition) is 1. The van der Waals surface area contributed by atoms with Crippen molar-refractivity contribution in [1.29, 1.82) is 0 Å². The number of halogens is 1. The molecule has 1 N–H and O–H groups in total. The van der Waals surface area contributed by atoms with E-state index < -0.39 is 11.8 Å². The monoisotopic (exact) mass is 269 g/mol. The number of nitrogens with one attached hydrogen (secondary N) is 1. The van der Waals surface area contributed by atoms with E-state index in [1.165, 1.54) is 32.4 Å². The minimum absolute atomic E-state index is 0.0165. The summed E-state index contributed by atoms with van der Waals surface area (Å²) in [5.74, 6) is -0.663. The summed E-state index contributed by atoms with van der Waals surface area (Å²) in [6.07, 6.45) is 0.0485. The number of methoxy groups -OCH3 is 2. The first kappa shape index (κ1) is 14.9. The maximum absolute atomic E-state index is 13.1. The Bertz CT molecular complexity index is 462. The SMILES string of the molecule is COC(=O)CCC(=O)NCc1cc(F)ccc1OC. The molecular weight excluding hydrogens is 253 g/mol. The van der Waals surface area contributed by atoms with E-state index in [0.717, 1.165) is 0 Å². The average molecular weight is 269 g/mol. The quantitative estimate of drug-likeness (QED) is 0.793. The molecule has 0 aliphatic rings. The van der Waals surface area contributed by atoms with Crippen LogP contribution in [-0.2, 0) is 20.9 Å². The fourth-order valence-corrected chi connectivity index (χ4v) is 1.49. The third kappa shape index (κ3) is 4.95. The highest BCUT2D eigenvalue weighted by atomic mass is 19.1. The maximum atomic E-state index is 13.1. The second kappa shape index (κ2) is 7.35. The van der Waals surface area contributed by atoms with Gasteiger partial charge in [-0.05, 0) is 18.2 Å². The summed E-state index contributed by atoms with van der Waals surface area (Å²) in [5.41, 5.74) is 0.536. The van der Waals surface area contributed by atoms with Gasteiger partial charge in [-0.3, -0.25) is 9.59 Å². The predicted molar refractivity (Wildman–Crippen MR) is 66.0 cm³/mol. The van der Waals surface area contributed by atoms with E-state index in [-0.39, 0.29) is 25.3 Å². The van der Waals surface area contributed by atoms with Crippen LogP contribution in [0.25, 0.3) is 0 Å². The molecule has 0 aliphatic carbocycles. The molecule has 0 fully saturated rings. The molecular formula is C13H16FNO4. The zero-order chi connectivity index (χ0) is 14.3. The molecule has 0 saturated carbocycles. The lowest BCUT2D eigenvalue weighted by molar-refractivity contribution is -0.142. The van der Waals surface area contributed by atoms with Gasteiger partial charge >= 0.3 is 5.97 Å². The van der Waals surface area contributed by atoms with Crippen molar-refractivity contribution in [3.63, 3.8) is 0 Å². The molecule has 5 nitrogen and oxygen atoms in total. The number of carbonyl (C=O) groups excluding carboxylic acids is 2. The highest BCUT2D eigenvalue weighted by molar-refractivity contribution is 5.81. The largest absolute Gasteiger partial charge is 0.496 e. The number of carbonyl (C=O) groups is 2. The third-order valence-corrected chi connectivity index (χ3v) is 2.50. The molecule has 1 aromatic rings. The first-order chi connectivity index (χ1) is 9.06. The molecule has 0 bridgehead atoms. The van der Waals surface area contributed by atoms with Gasteiger partial charge in [0.25, 0.3) is 0 Å². The van der Waals surface area contributed by atoms with Crippen molar-refractivity contribution in [2.24, 2.45) is 0 Å². The Kier molecular flexibility index (Phi) is 5.78. The summed E-state index contributed by atoms with van der Waals surface area (Å²) >= 11 is 0. The summed E-state index contributed by atoms with van der Waals surface area (Å²) in [6.45, 7) is 0.140. The van der Waals surface area contributed by atoms with E-state index in [2.05, 4.69) is 10.1 Å². The molecule has 104 valence electrons. The van der Waals surface area contributed by atoms with Crippen molar-refractivity contribution in [3.05, 3.63) is 29.6 Å². The van der Waals surface area contributed by atoms with E-state index >= 15 is 0 Å². The third-order valence-electron chi connectivity index (χ3n) is 2.50. The number of amides is 1. The minimum Gasteiger partial charge on any atom is -0.496 e. The molecule has 1 rings (SSSR count). The maximum Gasteiger partial charge on any atom is 0.306 e. The van der Waals surface area contributed by atoms with Gasteiger partial charge in [-0.1, -0.05) is 0 Å². The molecule has 0 saturated heterocycles. The van der Waals surface area contributed by atoms with Gasteiger partial charge in [-0.15, -0.1) is 0 Å². The standard InChI is InChI=1S/C13H16FNO4/c1-18-11-4-3-10(14)7-9(11)8-15-12(16)5-6-13(17)19-2/h3-4,7H,5-6,8H2,1-2H3,(H,15,16). The molecule has 0 heterocycles. The molecule has 1 aromatic carbocycles. The molecule has 0 unspecified atom stereocenters. The normalized spacial score (nSPS) is 9.84. The molecule has 6 heteroatoms. The summed E-state index contributed by atoms with van der Waals surface area (Å²) in [7, 11) is 2.73. The lowest BCUT2D eigenvalue weighted by Crippen LogP contribution is -2.23. The fraction of sp³-hybridized carbons (Fsp3) is 0.385. The van der Waals surface area contributed by atoms with E-state index in [9.17, 15) is 14.0 Å². The number of benzene rings is 1. The average Bonchev–Trinajstić information content (AvgIpc) is 2.42. The topological polar surface area (TPSA) is 64.6 Å². The zero-order valence-electron chi connectivity index (χ0n) is 10.9. The van der Waals surface area contributed by atoms with Gasteiger partial charge in [-0.25, -0.2) is 4.39 Å². The molecule has 19 heavy (non-hydrogen) atoms. The molecule has 0 aromatic heterocycles. The van der Waals surface area contributed by atoms with Crippen molar-refractivity contribution >= 4 is 11.9 Å². The number of rotatable bonds is 6. The predicted octanol–water partition coefficient (Wildman–Crippen LogP) is 1.40. The van der Waals surface area contributed by atoms with Gasteiger partial charge in [0.1, 0.15) is 11.6 Å². The summed E-state index contributed by atoms with van der Waals surface area (Å²) in [6, 6.07) is 4.06. The van der Waals surface area contributed by atoms with Crippen molar-refractivity contribution < 1.29 is 23.5 Å². The van der Waals surface area contributed by atoms with Crippen LogP contribution < -0.4 is 10.1 Å². The number of esters is 1. The first-order valence-electron chi connectivity index (χ1n) is 5.72. The van der Waals surface area contributed by atoms with Gasteiger partial charge in [0.2, 0.25) is 5.91 Å². The second-order valence-electron chi connectivity index (χ2n) is 3.81. The second-order valence-corrected chi connectivity index (χ2v) is 3.81. The minimum atomic E-state index is -0.446. The Balaban J connectivity index is 2.50.